The number of esters is 1. The van der Waals surface area contributed by atoms with Gasteiger partial charge in [-0.25, -0.2) is 18.2 Å². The van der Waals surface area contributed by atoms with Crippen LogP contribution in [0.4, 0.5) is 11.4 Å². The van der Waals surface area contributed by atoms with Crippen molar-refractivity contribution in [2.45, 2.75) is 6.42 Å². The molecule has 0 saturated carbocycles. The summed E-state index contributed by atoms with van der Waals surface area (Å²) in [7, 11) is 1.75. The number of H-pyrrole nitrogens is 1. The summed E-state index contributed by atoms with van der Waals surface area (Å²) in [6.07, 6.45) is 1.89. The highest BCUT2D eigenvalue weighted by Crippen LogP contribution is 2.32. The molecule has 0 aliphatic rings. The minimum atomic E-state index is -3.46. The number of nitrogens with zero attached hydrogens (tertiary/aromatic N) is 3. The molecule has 4 rings (SSSR count). The number of ether oxygens (including phenoxy) is 1. The van der Waals surface area contributed by atoms with Crippen LogP contribution in [0.15, 0.2) is 77.8 Å². The molecule has 1 aromatic heterocycles. The first kappa shape index (κ1) is 27.9. The topological polar surface area (TPSA) is 115 Å². The number of aromatic nitrogens is 1. The fourth-order valence-electron chi connectivity index (χ4n) is 4.37. The average Bonchev–Trinajstić information content (AvgIpc) is 3.24. The lowest BCUT2D eigenvalue weighted by atomic mass is 10.00. The van der Waals surface area contributed by atoms with Crippen molar-refractivity contribution < 1.29 is 23.1 Å². The Hall–Kier alpha value is -4.15. The van der Waals surface area contributed by atoms with E-state index in [0.29, 0.717) is 52.1 Å². The Kier molecular flexibility index (Phi) is 8.37. The van der Waals surface area contributed by atoms with Crippen molar-refractivity contribution in [3.05, 3.63) is 89.5 Å². The molecular weight excluding hydrogens is 516 g/mol. The number of rotatable bonds is 10. The number of hydrogen-bond acceptors (Lipinski definition) is 7. The summed E-state index contributed by atoms with van der Waals surface area (Å²) in [5.41, 5.74) is 3.83. The quantitative estimate of drug-likeness (QED) is 0.222. The number of fused-ring (bicyclic) bond motifs is 1. The van der Waals surface area contributed by atoms with Crippen LogP contribution in [-0.2, 0) is 14.8 Å². The van der Waals surface area contributed by atoms with E-state index in [1.807, 2.05) is 49.3 Å². The lowest BCUT2D eigenvalue weighted by Gasteiger charge is -2.23. The van der Waals surface area contributed by atoms with Crippen LogP contribution in [0.5, 0.6) is 5.88 Å². The fraction of sp³-hybridized carbons (Fsp3) is 0.241. The third-order valence-corrected chi connectivity index (χ3v) is 7.42. The second-order valence-corrected chi connectivity index (χ2v) is 11.3. The molecule has 0 fully saturated rings. The molecule has 0 aliphatic carbocycles. The van der Waals surface area contributed by atoms with E-state index in [1.54, 1.807) is 42.5 Å². The summed E-state index contributed by atoms with van der Waals surface area (Å²) in [5.74, 6) is -0.565. The molecular formula is C29H32N4O5S. The molecule has 10 heteroatoms. The van der Waals surface area contributed by atoms with Crippen LogP contribution >= 0.6 is 0 Å². The number of aliphatic imine (C=N–C) groups is 1. The largest absolute Gasteiger partial charge is 0.494 e. The van der Waals surface area contributed by atoms with E-state index in [1.165, 1.54) is 17.7 Å². The van der Waals surface area contributed by atoms with Crippen molar-refractivity contribution in [3.8, 4) is 5.88 Å². The highest BCUT2D eigenvalue weighted by atomic mass is 32.2. The van der Waals surface area contributed by atoms with Gasteiger partial charge in [0, 0.05) is 23.0 Å². The average molecular weight is 549 g/mol. The van der Waals surface area contributed by atoms with Gasteiger partial charge in [0.2, 0.25) is 10.0 Å². The van der Waals surface area contributed by atoms with Gasteiger partial charge in [-0.05, 0) is 63.5 Å². The summed E-state index contributed by atoms with van der Waals surface area (Å²) in [6, 6.07) is 21.4. The van der Waals surface area contributed by atoms with E-state index in [0.717, 1.165) is 12.1 Å². The van der Waals surface area contributed by atoms with Crippen LogP contribution in [0.1, 0.15) is 27.9 Å². The molecule has 0 unspecified atom stereocenters. The maximum atomic E-state index is 12.5. The van der Waals surface area contributed by atoms with Gasteiger partial charge in [0.15, 0.2) is 5.88 Å². The normalized spacial score (nSPS) is 12.2. The predicted molar refractivity (Wildman–Crippen MR) is 155 cm³/mol. The summed E-state index contributed by atoms with van der Waals surface area (Å²) in [4.78, 5) is 21.8. The van der Waals surface area contributed by atoms with E-state index < -0.39 is 16.0 Å². The minimum absolute atomic E-state index is 0.0876. The molecule has 9 nitrogen and oxygen atoms in total. The van der Waals surface area contributed by atoms with Crippen molar-refractivity contribution >= 4 is 44.0 Å². The van der Waals surface area contributed by atoms with Gasteiger partial charge in [-0.3, -0.25) is 4.31 Å². The van der Waals surface area contributed by atoms with Crippen molar-refractivity contribution in [3.63, 3.8) is 0 Å². The number of nitrogens with one attached hydrogen (secondary N) is 1. The lowest BCUT2D eigenvalue weighted by Crippen LogP contribution is -2.32. The number of carbonyl (C=O) groups excluding carboxylic acids is 1. The second-order valence-electron chi connectivity index (χ2n) is 9.44. The first-order valence-electron chi connectivity index (χ1n) is 12.4. The van der Waals surface area contributed by atoms with Crippen molar-refractivity contribution in [2.24, 2.45) is 4.99 Å². The van der Waals surface area contributed by atoms with Crippen LogP contribution in [0.2, 0.25) is 0 Å². The Labute approximate surface area is 228 Å². The van der Waals surface area contributed by atoms with Crippen LogP contribution in [0.3, 0.4) is 0 Å². The molecule has 0 aliphatic heterocycles. The van der Waals surface area contributed by atoms with Crippen LogP contribution in [0, 0.1) is 0 Å². The molecule has 0 radical (unpaired) electrons. The zero-order valence-corrected chi connectivity index (χ0v) is 23.2. The Balaban J connectivity index is 1.76. The van der Waals surface area contributed by atoms with Gasteiger partial charge in [0.1, 0.15) is 0 Å². The van der Waals surface area contributed by atoms with Crippen molar-refractivity contribution in [1.29, 1.82) is 0 Å². The maximum absolute atomic E-state index is 12.5. The zero-order valence-electron chi connectivity index (χ0n) is 22.4. The summed E-state index contributed by atoms with van der Waals surface area (Å²) in [5, 5.41) is 11.6. The number of hydrogen-bond donors (Lipinski definition) is 2. The smallest absolute Gasteiger partial charge is 0.337 e. The van der Waals surface area contributed by atoms with Crippen molar-refractivity contribution in [2.75, 3.05) is 44.9 Å². The number of anilines is 1. The Morgan fingerprint density at radius 2 is 1.67 bits per heavy atom. The van der Waals surface area contributed by atoms with Gasteiger partial charge in [-0.2, -0.15) is 0 Å². The molecule has 0 spiro atoms. The standard InChI is InChI=1S/C29H32N4O5S/c1-32(2)17-8-18-33(39(4,36)37)23-14-12-22(13-15-23)30-27(20-9-6-5-7-10-20)26-24-16-11-21(29(35)38-3)19-25(24)31-28(26)34/h5-7,9-16,19,31,34H,8,17-18H2,1-4H3. The Morgan fingerprint density at radius 1 is 0.974 bits per heavy atom. The number of methoxy groups -OCH3 is 1. The second kappa shape index (κ2) is 11.7. The Bertz CT molecular complexity index is 1590. The molecule has 0 atom stereocenters. The molecule has 2 N–H and O–H groups in total. The Morgan fingerprint density at radius 3 is 2.28 bits per heavy atom. The molecule has 0 amide bonds. The maximum Gasteiger partial charge on any atom is 0.337 e. The first-order valence-corrected chi connectivity index (χ1v) is 14.2. The van der Waals surface area contributed by atoms with Gasteiger partial charge in [0.25, 0.3) is 0 Å². The van der Waals surface area contributed by atoms with Gasteiger partial charge < -0.3 is 19.7 Å². The first-order chi connectivity index (χ1) is 18.6. The SMILES string of the molecule is COC(=O)c1ccc2c(C(=Nc3ccc(N(CCCN(C)C)S(C)(=O)=O)cc3)c3ccccc3)c(O)[nH]c2c1. The molecule has 1 heterocycles. The van der Waals surface area contributed by atoms with E-state index in [-0.39, 0.29) is 5.88 Å². The molecule has 0 saturated heterocycles. The zero-order chi connectivity index (χ0) is 28.2. The number of aromatic hydroxyl groups is 1. The van der Waals surface area contributed by atoms with Gasteiger partial charge in [-0.15, -0.1) is 0 Å². The highest BCUT2D eigenvalue weighted by Gasteiger charge is 2.21. The number of carbonyl (C=O) groups is 1. The highest BCUT2D eigenvalue weighted by molar-refractivity contribution is 7.92. The van der Waals surface area contributed by atoms with Crippen LogP contribution < -0.4 is 4.31 Å². The molecule has 0 bridgehead atoms. The van der Waals surface area contributed by atoms with Gasteiger partial charge in [0.05, 0.1) is 41.6 Å². The molecule has 39 heavy (non-hydrogen) atoms. The summed E-state index contributed by atoms with van der Waals surface area (Å²) in [6.45, 7) is 1.13. The number of sulfonamides is 1. The predicted octanol–water partition coefficient (Wildman–Crippen LogP) is 4.55. The summed E-state index contributed by atoms with van der Waals surface area (Å²) < 4.78 is 31.2. The molecule has 204 valence electrons. The van der Waals surface area contributed by atoms with E-state index in [9.17, 15) is 18.3 Å². The minimum Gasteiger partial charge on any atom is -0.494 e. The monoisotopic (exact) mass is 548 g/mol. The lowest BCUT2D eigenvalue weighted by molar-refractivity contribution is 0.0601. The van der Waals surface area contributed by atoms with Gasteiger partial charge in [-0.1, -0.05) is 36.4 Å². The molecule has 3 aromatic carbocycles. The van der Waals surface area contributed by atoms with Gasteiger partial charge >= 0.3 is 5.97 Å². The molecule has 4 aromatic rings. The van der Waals surface area contributed by atoms with Crippen LogP contribution in [0.25, 0.3) is 10.9 Å². The van der Waals surface area contributed by atoms with E-state index in [2.05, 4.69) is 4.98 Å². The van der Waals surface area contributed by atoms with E-state index in [4.69, 9.17) is 9.73 Å². The summed E-state index contributed by atoms with van der Waals surface area (Å²) >= 11 is 0. The third kappa shape index (κ3) is 6.47. The van der Waals surface area contributed by atoms with Crippen molar-refractivity contribution in [1.82, 2.24) is 9.88 Å². The third-order valence-electron chi connectivity index (χ3n) is 6.23. The number of benzene rings is 3. The van der Waals surface area contributed by atoms with Crippen LogP contribution in [-0.4, -0.2) is 75.6 Å². The van der Waals surface area contributed by atoms with E-state index >= 15 is 0 Å². The fourth-order valence-corrected chi connectivity index (χ4v) is 5.33. The number of aromatic amines is 1.